The van der Waals surface area contributed by atoms with Crippen molar-refractivity contribution in [2.24, 2.45) is 5.92 Å². The standard InChI is InChI=1S/C27H32ClN3O3/c1-34-22-9-13-29(14-10-22)25-7-3-6-23-24(25)11-15-31(26(23)18-32)27(33)19-8-12-30(17-19)21-5-2-4-20(28)16-21/h2-7,16,18-19,22,26H,8-15,17H2,1H3. The van der Waals surface area contributed by atoms with Gasteiger partial charge in [0.2, 0.25) is 5.91 Å². The van der Waals surface area contributed by atoms with E-state index in [0.717, 1.165) is 62.9 Å². The zero-order valence-corrected chi connectivity index (χ0v) is 20.4. The lowest BCUT2D eigenvalue weighted by atomic mass is 9.89. The molecule has 2 fully saturated rings. The van der Waals surface area contributed by atoms with Crippen LogP contribution in [0.2, 0.25) is 5.02 Å². The van der Waals surface area contributed by atoms with E-state index < -0.39 is 6.04 Å². The number of carbonyl (C=O) groups is 2. The van der Waals surface area contributed by atoms with Crippen LogP contribution >= 0.6 is 11.6 Å². The third-order valence-electron chi connectivity index (χ3n) is 7.68. The number of benzene rings is 2. The van der Waals surface area contributed by atoms with Crippen molar-refractivity contribution in [1.29, 1.82) is 0 Å². The fourth-order valence-corrected chi connectivity index (χ4v) is 5.99. The topological polar surface area (TPSA) is 53.1 Å². The molecule has 180 valence electrons. The number of amides is 1. The van der Waals surface area contributed by atoms with Crippen molar-refractivity contribution in [2.45, 2.75) is 37.8 Å². The molecule has 7 heteroatoms. The fourth-order valence-electron chi connectivity index (χ4n) is 5.81. The van der Waals surface area contributed by atoms with Crippen molar-refractivity contribution < 1.29 is 14.3 Å². The molecule has 0 saturated carbocycles. The van der Waals surface area contributed by atoms with Crippen LogP contribution in [-0.2, 0) is 20.7 Å². The molecule has 0 N–H and O–H groups in total. The predicted octanol–water partition coefficient (Wildman–Crippen LogP) is 4.11. The van der Waals surface area contributed by atoms with Crippen molar-refractivity contribution in [3.8, 4) is 0 Å². The smallest absolute Gasteiger partial charge is 0.228 e. The van der Waals surface area contributed by atoms with Crippen LogP contribution < -0.4 is 9.80 Å². The Morgan fingerprint density at radius 3 is 2.53 bits per heavy atom. The van der Waals surface area contributed by atoms with Gasteiger partial charge in [-0.1, -0.05) is 29.8 Å². The van der Waals surface area contributed by atoms with E-state index in [0.29, 0.717) is 24.2 Å². The number of hydrogen-bond acceptors (Lipinski definition) is 5. The lowest BCUT2D eigenvalue weighted by Crippen LogP contribution is -2.45. The summed E-state index contributed by atoms with van der Waals surface area (Å²) in [5.41, 5.74) is 4.44. The highest BCUT2D eigenvalue weighted by Crippen LogP contribution is 2.37. The Morgan fingerprint density at radius 2 is 1.79 bits per heavy atom. The summed E-state index contributed by atoms with van der Waals surface area (Å²) in [6.45, 7) is 3.95. The van der Waals surface area contributed by atoms with E-state index in [1.165, 1.54) is 11.3 Å². The number of ether oxygens (including phenoxy) is 1. The molecule has 3 heterocycles. The summed E-state index contributed by atoms with van der Waals surface area (Å²) in [6, 6.07) is 13.4. The number of carbonyl (C=O) groups excluding carboxylic acids is 2. The van der Waals surface area contributed by atoms with Crippen molar-refractivity contribution in [1.82, 2.24) is 4.90 Å². The third kappa shape index (κ3) is 4.41. The van der Waals surface area contributed by atoms with Crippen molar-refractivity contribution in [2.75, 3.05) is 49.6 Å². The van der Waals surface area contributed by atoms with E-state index in [2.05, 4.69) is 15.9 Å². The van der Waals surface area contributed by atoms with Gasteiger partial charge in [0, 0.05) is 56.2 Å². The van der Waals surface area contributed by atoms with E-state index in [-0.39, 0.29) is 11.8 Å². The van der Waals surface area contributed by atoms with Crippen LogP contribution in [0.4, 0.5) is 11.4 Å². The number of nitrogens with zero attached hydrogens (tertiary/aromatic N) is 3. The Bertz CT molecular complexity index is 1050. The maximum atomic E-state index is 13.6. The second kappa shape index (κ2) is 9.96. The van der Waals surface area contributed by atoms with Gasteiger partial charge >= 0.3 is 0 Å². The first-order valence-corrected chi connectivity index (χ1v) is 12.6. The minimum atomic E-state index is -0.520. The van der Waals surface area contributed by atoms with Crippen molar-refractivity contribution in [3.05, 3.63) is 58.6 Å². The molecule has 3 aliphatic heterocycles. The highest BCUT2D eigenvalue weighted by Gasteiger charge is 2.38. The van der Waals surface area contributed by atoms with Gasteiger partial charge in [0.1, 0.15) is 12.3 Å². The second-order valence-corrected chi connectivity index (χ2v) is 9.98. The lowest BCUT2D eigenvalue weighted by molar-refractivity contribution is -0.140. The largest absolute Gasteiger partial charge is 0.381 e. The Balaban J connectivity index is 1.32. The summed E-state index contributed by atoms with van der Waals surface area (Å²) >= 11 is 6.16. The molecule has 5 rings (SSSR count). The van der Waals surface area contributed by atoms with E-state index in [9.17, 15) is 9.59 Å². The monoisotopic (exact) mass is 481 g/mol. The van der Waals surface area contributed by atoms with Gasteiger partial charge < -0.3 is 24.2 Å². The van der Waals surface area contributed by atoms with Crippen LogP contribution in [0.3, 0.4) is 0 Å². The maximum absolute atomic E-state index is 13.6. The highest BCUT2D eigenvalue weighted by molar-refractivity contribution is 6.30. The SMILES string of the molecule is COC1CCN(c2cccc3c2CCN(C(=O)C2CCN(c4cccc(Cl)c4)C2)C3C=O)CC1. The van der Waals surface area contributed by atoms with Crippen LogP contribution in [0, 0.1) is 5.92 Å². The Morgan fingerprint density at radius 1 is 1.03 bits per heavy atom. The van der Waals surface area contributed by atoms with Gasteiger partial charge in [-0.05, 0) is 61.1 Å². The molecule has 2 atom stereocenters. The fraction of sp³-hybridized carbons (Fsp3) is 0.481. The van der Waals surface area contributed by atoms with Crippen molar-refractivity contribution in [3.63, 3.8) is 0 Å². The summed E-state index contributed by atoms with van der Waals surface area (Å²) in [4.78, 5) is 32.3. The molecule has 0 aliphatic carbocycles. The molecule has 0 aromatic heterocycles. The van der Waals surface area contributed by atoms with E-state index in [4.69, 9.17) is 16.3 Å². The minimum absolute atomic E-state index is 0.0820. The Kier molecular flexibility index (Phi) is 6.79. The summed E-state index contributed by atoms with van der Waals surface area (Å²) < 4.78 is 5.53. The number of hydrogen-bond donors (Lipinski definition) is 0. The molecule has 0 radical (unpaired) electrons. The summed E-state index contributed by atoms with van der Waals surface area (Å²) in [5, 5.41) is 0.697. The highest BCUT2D eigenvalue weighted by atomic mass is 35.5. The van der Waals surface area contributed by atoms with Gasteiger partial charge in [-0.2, -0.15) is 0 Å². The van der Waals surface area contributed by atoms with Gasteiger partial charge in [-0.15, -0.1) is 0 Å². The first kappa shape index (κ1) is 23.2. The molecule has 2 aromatic rings. The lowest BCUT2D eigenvalue weighted by Gasteiger charge is -2.39. The first-order chi connectivity index (χ1) is 16.6. The van der Waals surface area contributed by atoms with Crippen LogP contribution in [0.1, 0.15) is 36.4 Å². The number of methoxy groups -OCH3 is 1. The van der Waals surface area contributed by atoms with Crippen LogP contribution in [0.5, 0.6) is 0 Å². The van der Waals surface area contributed by atoms with E-state index >= 15 is 0 Å². The molecular formula is C27H32ClN3O3. The molecule has 0 spiro atoms. The number of piperidine rings is 1. The number of anilines is 2. The van der Waals surface area contributed by atoms with Gasteiger partial charge in [-0.25, -0.2) is 0 Å². The number of halogens is 1. The third-order valence-corrected chi connectivity index (χ3v) is 7.92. The zero-order valence-electron chi connectivity index (χ0n) is 19.7. The summed E-state index contributed by atoms with van der Waals surface area (Å²) in [6.07, 6.45) is 4.84. The molecule has 3 aliphatic rings. The molecule has 2 aromatic carbocycles. The maximum Gasteiger partial charge on any atom is 0.228 e. The summed E-state index contributed by atoms with van der Waals surface area (Å²) in [7, 11) is 1.78. The average molecular weight is 482 g/mol. The molecule has 6 nitrogen and oxygen atoms in total. The molecular weight excluding hydrogens is 450 g/mol. The van der Waals surface area contributed by atoms with Crippen LogP contribution in [0.25, 0.3) is 0 Å². The minimum Gasteiger partial charge on any atom is -0.381 e. The van der Waals surface area contributed by atoms with Gasteiger partial charge in [0.25, 0.3) is 0 Å². The quantitative estimate of drug-likeness (QED) is 0.602. The number of rotatable bonds is 5. The van der Waals surface area contributed by atoms with E-state index in [1.54, 1.807) is 7.11 Å². The van der Waals surface area contributed by atoms with Crippen LogP contribution in [0.15, 0.2) is 42.5 Å². The Labute approximate surface area is 206 Å². The van der Waals surface area contributed by atoms with Gasteiger partial charge in [0.05, 0.1) is 12.0 Å². The normalized spacial score (nSPS) is 23.2. The van der Waals surface area contributed by atoms with Crippen LogP contribution in [-0.4, -0.2) is 63.0 Å². The van der Waals surface area contributed by atoms with Gasteiger partial charge in [-0.3, -0.25) is 4.79 Å². The van der Waals surface area contributed by atoms with E-state index in [1.807, 2.05) is 41.3 Å². The first-order valence-electron chi connectivity index (χ1n) is 12.2. The predicted molar refractivity (Wildman–Crippen MR) is 135 cm³/mol. The molecule has 34 heavy (non-hydrogen) atoms. The number of fused-ring (bicyclic) bond motifs is 1. The Hall–Kier alpha value is -2.57. The molecule has 0 bridgehead atoms. The molecule has 2 unspecified atom stereocenters. The van der Waals surface area contributed by atoms with Gasteiger partial charge in [0.15, 0.2) is 0 Å². The summed E-state index contributed by atoms with van der Waals surface area (Å²) in [5.74, 6) is -0.0298. The zero-order chi connectivity index (χ0) is 23.7. The second-order valence-electron chi connectivity index (χ2n) is 9.54. The molecule has 2 saturated heterocycles. The average Bonchev–Trinajstić information content (AvgIpc) is 3.38. The number of aldehydes is 1. The van der Waals surface area contributed by atoms with Crippen molar-refractivity contribution >= 4 is 35.2 Å². The molecule has 1 amide bonds.